The number of likely N-dealkylation sites (tertiary alicyclic amines) is 1. The molecule has 1 N–H and O–H groups in total. The van der Waals surface area contributed by atoms with Gasteiger partial charge in [0.2, 0.25) is 0 Å². The van der Waals surface area contributed by atoms with Crippen LogP contribution in [-0.4, -0.2) is 36.1 Å². The minimum Gasteiger partial charge on any atom is -0.302 e. The van der Waals surface area contributed by atoms with E-state index >= 15 is 0 Å². The van der Waals surface area contributed by atoms with Gasteiger partial charge in [-0.15, -0.1) is 0 Å². The van der Waals surface area contributed by atoms with Gasteiger partial charge < -0.3 is 5.32 Å². The van der Waals surface area contributed by atoms with E-state index in [9.17, 15) is 0 Å². The largest absolute Gasteiger partial charge is 0.302 e. The summed E-state index contributed by atoms with van der Waals surface area (Å²) in [4.78, 5) is 2.46. The third-order valence-corrected chi connectivity index (χ3v) is 3.67. The number of hydrogen-bond donors (Lipinski definition) is 1. The molecule has 3 unspecified atom stereocenters. The molecule has 0 aliphatic carbocycles. The van der Waals surface area contributed by atoms with Crippen LogP contribution >= 0.6 is 0 Å². The fraction of sp³-hybridized carbons (Fsp3) is 0.917. The molecule has 1 saturated heterocycles. The standard InChI is InChI=1S/C12H23N3/c1-10-6-5-7-11(2)15(10)9-12(3,8-13)14-4/h10-11,14H,5-7,9H2,1-4H3. The number of nitrogens with one attached hydrogen (secondary N) is 1. The van der Waals surface area contributed by atoms with Gasteiger partial charge in [0.25, 0.3) is 0 Å². The molecular formula is C12H23N3. The highest BCUT2D eigenvalue weighted by atomic mass is 15.2. The molecule has 0 spiro atoms. The van der Waals surface area contributed by atoms with Crippen molar-refractivity contribution < 1.29 is 0 Å². The summed E-state index contributed by atoms with van der Waals surface area (Å²) >= 11 is 0. The number of nitriles is 1. The lowest BCUT2D eigenvalue weighted by Gasteiger charge is -2.42. The molecule has 1 fully saturated rings. The first-order chi connectivity index (χ1) is 7.02. The Labute approximate surface area is 93.5 Å². The molecule has 0 aromatic rings. The maximum atomic E-state index is 9.15. The zero-order valence-electron chi connectivity index (χ0n) is 10.4. The Balaban J connectivity index is 2.66. The molecule has 0 aromatic carbocycles. The summed E-state index contributed by atoms with van der Waals surface area (Å²) in [6, 6.07) is 3.58. The molecule has 3 nitrogen and oxygen atoms in total. The Morgan fingerprint density at radius 2 is 1.93 bits per heavy atom. The summed E-state index contributed by atoms with van der Waals surface area (Å²) in [5, 5.41) is 12.3. The van der Waals surface area contributed by atoms with Crippen molar-refractivity contribution in [3.05, 3.63) is 0 Å². The smallest absolute Gasteiger partial charge is 0.116 e. The van der Waals surface area contributed by atoms with Crippen LogP contribution in [0.2, 0.25) is 0 Å². The molecule has 1 rings (SSSR count). The van der Waals surface area contributed by atoms with Crippen LogP contribution in [-0.2, 0) is 0 Å². The van der Waals surface area contributed by atoms with E-state index in [0.29, 0.717) is 12.1 Å². The van der Waals surface area contributed by atoms with E-state index in [2.05, 4.69) is 30.1 Å². The number of likely N-dealkylation sites (N-methyl/N-ethyl adjacent to an activating group) is 1. The van der Waals surface area contributed by atoms with Gasteiger partial charge in [-0.3, -0.25) is 4.90 Å². The molecule has 3 heteroatoms. The maximum absolute atomic E-state index is 9.15. The van der Waals surface area contributed by atoms with E-state index in [1.807, 2.05) is 14.0 Å². The van der Waals surface area contributed by atoms with Gasteiger partial charge in [0.15, 0.2) is 0 Å². The van der Waals surface area contributed by atoms with Crippen LogP contribution in [0.3, 0.4) is 0 Å². The molecule has 86 valence electrons. The first-order valence-electron chi connectivity index (χ1n) is 5.88. The average molecular weight is 209 g/mol. The monoisotopic (exact) mass is 209 g/mol. The zero-order chi connectivity index (χ0) is 11.5. The minimum atomic E-state index is -0.417. The Morgan fingerprint density at radius 3 is 2.33 bits per heavy atom. The average Bonchev–Trinajstić information content (AvgIpc) is 2.23. The van der Waals surface area contributed by atoms with Crippen molar-refractivity contribution in [1.82, 2.24) is 10.2 Å². The third kappa shape index (κ3) is 2.93. The summed E-state index contributed by atoms with van der Waals surface area (Å²) in [7, 11) is 1.86. The Kier molecular flexibility index (Phi) is 4.12. The molecule has 3 atom stereocenters. The summed E-state index contributed by atoms with van der Waals surface area (Å²) in [5.41, 5.74) is -0.417. The van der Waals surface area contributed by atoms with Crippen LogP contribution in [0.5, 0.6) is 0 Å². The van der Waals surface area contributed by atoms with E-state index in [1.54, 1.807) is 0 Å². The second-order valence-electron chi connectivity index (χ2n) is 5.00. The van der Waals surface area contributed by atoms with Crippen molar-refractivity contribution in [2.24, 2.45) is 0 Å². The first-order valence-corrected chi connectivity index (χ1v) is 5.88. The van der Waals surface area contributed by atoms with Gasteiger partial charge in [-0.25, -0.2) is 0 Å². The van der Waals surface area contributed by atoms with Crippen molar-refractivity contribution >= 4 is 0 Å². The summed E-state index contributed by atoms with van der Waals surface area (Å²) < 4.78 is 0. The first kappa shape index (κ1) is 12.5. The fourth-order valence-corrected chi connectivity index (χ4v) is 2.32. The Bertz CT molecular complexity index is 236. The molecule has 0 aromatic heterocycles. The van der Waals surface area contributed by atoms with Gasteiger partial charge in [0, 0.05) is 18.6 Å². The topological polar surface area (TPSA) is 39.1 Å². The molecule has 0 saturated carbocycles. The van der Waals surface area contributed by atoms with Crippen molar-refractivity contribution in [1.29, 1.82) is 5.26 Å². The predicted molar refractivity (Wildman–Crippen MR) is 62.6 cm³/mol. The quantitative estimate of drug-likeness (QED) is 0.769. The van der Waals surface area contributed by atoms with Crippen LogP contribution in [0.25, 0.3) is 0 Å². The normalized spacial score (nSPS) is 31.9. The summed E-state index contributed by atoms with van der Waals surface area (Å²) in [5.74, 6) is 0. The summed E-state index contributed by atoms with van der Waals surface area (Å²) in [6.45, 7) is 7.33. The predicted octanol–water partition coefficient (Wildman–Crippen LogP) is 1.75. The van der Waals surface area contributed by atoms with Crippen LogP contribution in [0.4, 0.5) is 0 Å². The number of piperidine rings is 1. The van der Waals surface area contributed by atoms with Gasteiger partial charge in [-0.05, 0) is 40.7 Å². The lowest BCUT2D eigenvalue weighted by Crippen LogP contribution is -2.55. The molecule has 15 heavy (non-hydrogen) atoms. The highest BCUT2D eigenvalue weighted by molar-refractivity contribution is 5.06. The van der Waals surface area contributed by atoms with Gasteiger partial charge >= 0.3 is 0 Å². The summed E-state index contributed by atoms with van der Waals surface area (Å²) in [6.07, 6.45) is 3.84. The Hall–Kier alpha value is -0.590. The van der Waals surface area contributed by atoms with Crippen LogP contribution in [0, 0.1) is 11.3 Å². The number of nitrogens with zero attached hydrogens (tertiary/aromatic N) is 2. The highest BCUT2D eigenvalue weighted by Crippen LogP contribution is 2.24. The van der Waals surface area contributed by atoms with Gasteiger partial charge in [-0.1, -0.05) is 6.42 Å². The van der Waals surface area contributed by atoms with Gasteiger partial charge in [0.05, 0.1) is 6.07 Å². The molecule has 1 aliphatic rings. The highest BCUT2D eigenvalue weighted by Gasteiger charge is 2.31. The number of hydrogen-bond acceptors (Lipinski definition) is 3. The lowest BCUT2D eigenvalue weighted by molar-refractivity contribution is 0.0832. The van der Waals surface area contributed by atoms with E-state index in [1.165, 1.54) is 19.3 Å². The van der Waals surface area contributed by atoms with Crippen LogP contribution in [0.15, 0.2) is 0 Å². The van der Waals surface area contributed by atoms with Crippen molar-refractivity contribution in [3.8, 4) is 6.07 Å². The van der Waals surface area contributed by atoms with Crippen molar-refractivity contribution in [2.45, 2.75) is 57.7 Å². The van der Waals surface area contributed by atoms with Crippen LogP contribution < -0.4 is 5.32 Å². The minimum absolute atomic E-state index is 0.417. The second kappa shape index (κ2) is 4.96. The van der Waals surface area contributed by atoms with Gasteiger partial charge in [0.1, 0.15) is 5.54 Å². The van der Waals surface area contributed by atoms with Gasteiger partial charge in [-0.2, -0.15) is 5.26 Å². The zero-order valence-corrected chi connectivity index (χ0v) is 10.4. The molecule has 1 aliphatic heterocycles. The molecule has 0 bridgehead atoms. The maximum Gasteiger partial charge on any atom is 0.116 e. The van der Waals surface area contributed by atoms with E-state index in [0.717, 1.165) is 6.54 Å². The fourth-order valence-electron chi connectivity index (χ4n) is 2.32. The SMILES string of the molecule is CNC(C)(C#N)CN1C(C)CCCC1C. The van der Waals surface area contributed by atoms with Crippen molar-refractivity contribution in [3.63, 3.8) is 0 Å². The molecule has 1 heterocycles. The van der Waals surface area contributed by atoms with E-state index < -0.39 is 5.54 Å². The number of rotatable bonds is 3. The lowest BCUT2D eigenvalue weighted by atomic mass is 9.94. The van der Waals surface area contributed by atoms with E-state index in [4.69, 9.17) is 5.26 Å². The molecule has 0 radical (unpaired) electrons. The third-order valence-electron chi connectivity index (χ3n) is 3.67. The van der Waals surface area contributed by atoms with Crippen molar-refractivity contribution in [2.75, 3.05) is 13.6 Å². The second-order valence-corrected chi connectivity index (χ2v) is 5.00. The van der Waals surface area contributed by atoms with E-state index in [-0.39, 0.29) is 0 Å². The molecular weight excluding hydrogens is 186 g/mol. The molecule has 0 amide bonds. The van der Waals surface area contributed by atoms with Crippen LogP contribution in [0.1, 0.15) is 40.0 Å². The Morgan fingerprint density at radius 1 is 1.40 bits per heavy atom.